The van der Waals surface area contributed by atoms with E-state index in [0.29, 0.717) is 18.5 Å². The van der Waals surface area contributed by atoms with Gasteiger partial charge in [0, 0.05) is 38.8 Å². The van der Waals surface area contributed by atoms with Gasteiger partial charge in [0.1, 0.15) is 0 Å². The van der Waals surface area contributed by atoms with E-state index in [2.05, 4.69) is 39.5 Å². The van der Waals surface area contributed by atoms with Crippen molar-refractivity contribution in [2.45, 2.75) is 57.7 Å². The highest BCUT2D eigenvalue weighted by Crippen LogP contribution is 2.19. The molecule has 1 aromatic carbocycles. The van der Waals surface area contributed by atoms with E-state index < -0.39 is 0 Å². The van der Waals surface area contributed by atoms with Crippen LogP contribution in [0, 0.1) is 0 Å². The van der Waals surface area contributed by atoms with Gasteiger partial charge < -0.3 is 10.6 Å². The van der Waals surface area contributed by atoms with Gasteiger partial charge in [-0.2, -0.15) is 0 Å². The highest BCUT2D eigenvalue weighted by Gasteiger charge is 2.32. The maximum Gasteiger partial charge on any atom is 0.237 e. The van der Waals surface area contributed by atoms with Crippen molar-refractivity contribution in [2.24, 2.45) is 0 Å². The fourth-order valence-corrected chi connectivity index (χ4v) is 3.69. The summed E-state index contributed by atoms with van der Waals surface area (Å²) in [5.74, 6) is 0.507. The fraction of sp³-hybridized carbons (Fsp3) is 0.636. The van der Waals surface area contributed by atoms with E-state index >= 15 is 0 Å². The van der Waals surface area contributed by atoms with Gasteiger partial charge in [0.2, 0.25) is 11.8 Å². The molecule has 0 radical (unpaired) electrons. The van der Waals surface area contributed by atoms with Crippen molar-refractivity contribution in [3.05, 3.63) is 35.9 Å². The van der Waals surface area contributed by atoms with Crippen molar-refractivity contribution >= 4 is 11.8 Å². The molecule has 2 fully saturated rings. The Labute approximate surface area is 168 Å². The lowest BCUT2D eigenvalue weighted by Gasteiger charge is -2.39. The number of piperazine rings is 1. The number of hydrogen-bond donors (Lipinski definition) is 2. The molecule has 0 spiro atoms. The van der Waals surface area contributed by atoms with Crippen LogP contribution in [0.1, 0.15) is 45.1 Å². The summed E-state index contributed by atoms with van der Waals surface area (Å²) in [6, 6.07) is 10.4. The number of hydrogen-bond acceptors (Lipinski definition) is 4. The summed E-state index contributed by atoms with van der Waals surface area (Å²) in [6.45, 7) is 9.98. The van der Waals surface area contributed by atoms with Crippen molar-refractivity contribution in [1.29, 1.82) is 0 Å². The van der Waals surface area contributed by atoms with E-state index in [-0.39, 0.29) is 23.9 Å². The largest absolute Gasteiger partial charge is 0.354 e. The molecule has 1 heterocycles. The van der Waals surface area contributed by atoms with Crippen molar-refractivity contribution in [2.75, 3.05) is 32.7 Å². The molecule has 154 valence electrons. The third-order valence-corrected chi connectivity index (χ3v) is 6.08. The van der Waals surface area contributed by atoms with E-state index in [1.54, 1.807) is 0 Å². The van der Waals surface area contributed by atoms with Gasteiger partial charge in [-0.25, -0.2) is 0 Å². The topological polar surface area (TPSA) is 64.7 Å². The predicted molar refractivity (Wildman–Crippen MR) is 111 cm³/mol. The Morgan fingerprint density at radius 2 is 1.46 bits per heavy atom. The molecule has 2 aliphatic rings. The smallest absolute Gasteiger partial charge is 0.237 e. The summed E-state index contributed by atoms with van der Waals surface area (Å²) >= 11 is 0. The van der Waals surface area contributed by atoms with Crippen LogP contribution < -0.4 is 10.6 Å². The molecule has 6 heteroatoms. The molecule has 3 rings (SSSR count). The van der Waals surface area contributed by atoms with Gasteiger partial charge in [-0.1, -0.05) is 37.3 Å². The molecule has 1 aliphatic heterocycles. The van der Waals surface area contributed by atoms with Gasteiger partial charge >= 0.3 is 0 Å². The molecule has 6 nitrogen and oxygen atoms in total. The zero-order chi connectivity index (χ0) is 20.1. The molecule has 1 aromatic rings. The predicted octanol–water partition coefficient (Wildman–Crippen LogP) is 1.58. The minimum Gasteiger partial charge on any atom is -0.354 e. The maximum atomic E-state index is 12.6. The van der Waals surface area contributed by atoms with Crippen LogP contribution in [0.5, 0.6) is 0 Å². The molecule has 2 amide bonds. The minimum atomic E-state index is -0.152. The van der Waals surface area contributed by atoms with E-state index in [0.717, 1.165) is 39.0 Å². The number of nitrogens with one attached hydrogen (secondary N) is 2. The van der Waals surface area contributed by atoms with Crippen LogP contribution in [0.15, 0.2) is 30.3 Å². The summed E-state index contributed by atoms with van der Waals surface area (Å²) < 4.78 is 0. The number of amides is 2. The van der Waals surface area contributed by atoms with E-state index in [1.807, 2.05) is 32.0 Å². The van der Waals surface area contributed by atoms with Crippen molar-refractivity contribution in [1.82, 2.24) is 20.4 Å². The average molecular weight is 387 g/mol. The summed E-state index contributed by atoms with van der Waals surface area (Å²) in [6.07, 6.45) is 2.23. The van der Waals surface area contributed by atoms with Crippen molar-refractivity contribution in [3.63, 3.8) is 0 Å². The number of carbonyl (C=O) groups is 2. The molecule has 28 heavy (non-hydrogen) atoms. The minimum absolute atomic E-state index is 0.0794. The van der Waals surface area contributed by atoms with E-state index in [9.17, 15) is 9.59 Å². The average Bonchev–Trinajstić information content (AvgIpc) is 3.55. The van der Waals surface area contributed by atoms with Crippen LogP contribution in [0.4, 0.5) is 0 Å². The molecule has 1 aliphatic carbocycles. The third-order valence-electron chi connectivity index (χ3n) is 6.08. The van der Waals surface area contributed by atoms with Crippen LogP contribution in [-0.4, -0.2) is 72.5 Å². The Morgan fingerprint density at radius 1 is 0.929 bits per heavy atom. The second-order valence-electron chi connectivity index (χ2n) is 8.26. The van der Waals surface area contributed by atoms with Crippen LogP contribution in [0.2, 0.25) is 0 Å². The van der Waals surface area contributed by atoms with Crippen molar-refractivity contribution < 1.29 is 9.59 Å². The lowest BCUT2D eigenvalue weighted by atomic mass is 10.0. The maximum absolute atomic E-state index is 12.6. The van der Waals surface area contributed by atoms with E-state index in [1.165, 1.54) is 5.56 Å². The van der Waals surface area contributed by atoms with Crippen LogP contribution in [0.3, 0.4) is 0 Å². The molecule has 0 unspecified atom stereocenters. The quantitative estimate of drug-likeness (QED) is 0.712. The standard InChI is InChI=1S/C22H34N4O2/c1-16(19-7-5-4-6-8-19)15-23-21(27)17(2)25-11-13-26(14-12-25)18(3)22(28)24-20-9-10-20/h4-8,16-18,20H,9-15H2,1-3H3,(H,23,27)(H,24,28)/t16-,17-,18-/m1/s1. The molecule has 3 atom stereocenters. The molecule has 0 bridgehead atoms. The zero-order valence-corrected chi connectivity index (χ0v) is 17.4. The molecular formula is C22H34N4O2. The first-order chi connectivity index (χ1) is 13.5. The number of nitrogens with zero attached hydrogens (tertiary/aromatic N) is 2. The fourth-order valence-electron chi connectivity index (χ4n) is 3.69. The van der Waals surface area contributed by atoms with Gasteiger partial charge in [-0.15, -0.1) is 0 Å². The lowest BCUT2D eigenvalue weighted by molar-refractivity contribution is -0.129. The molecule has 1 saturated heterocycles. The number of carbonyl (C=O) groups excluding carboxylic acids is 2. The Hall–Kier alpha value is -1.92. The molecule has 2 N–H and O–H groups in total. The Bertz CT molecular complexity index is 654. The lowest BCUT2D eigenvalue weighted by Crippen LogP contribution is -2.57. The summed E-state index contributed by atoms with van der Waals surface area (Å²) in [5, 5.41) is 6.19. The number of rotatable bonds is 8. The van der Waals surface area contributed by atoms with Gasteiger partial charge in [0.05, 0.1) is 12.1 Å². The summed E-state index contributed by atoms with van der Waals surface area (Å²) in [5.41, 5.74) is 1.24. The normalized spacial score (nSPS) is 21.5. The van der Waals surface area contributed by atoms with E-state index in [4.69, 9.17) is 0 Å². The van der Waals surface area contributed by atoms with Crippen LogP contribution >= 0.6 is 0 Å². The van der Waals surface area contributed by atoms with Crippen LogP contribution in [0.25, 0.3) is 0 Å². The third kappa shape index (κ3) is 5.55. The molecular weight excluding hydrogens is 352 g/mol. The van der Waals surface area contributed by atoms with Gasteiger partial charge in [0.15, 0.2) is 0 Å². The Kier molecular flexibility index (Phi) is 7.08. The molecule has 0 aromatic heterocycles. The monoisotopic (exact) mass is 386 g/mol. The van der Waals surface area contributed by atoms with Crippen molar-refractivity contribution in [3.8, 4) is 0 Å². The highest BCUT2D eigenvalue weighted by molar-refractivity contribution is 5.82. The Balaban J connectivity index is 1.40. The first-order valence-corrected chi connectivity index (χ1v) is 10.6. The molecule has 1 saturated carbocycles. The van der Waals surface area contributed by atoms with Crippen LogP contribution in [-0.2, 0) is 9.59 Å². The first kappa shape index (κ1) is 20.8. The van der Waals surface area contributed by atoms with Gasteiger partial charge in [0.25, 0.3) is 0 Å². The highest BCUT2D eigenvalue weighted by atomic mass is 16.2. The second-order valence-corrected chi connectivity index (χ2v) is 8.26. The summed E-state index contributed by atoms with van der Waals surface area (Å²) in [4.78, 5) is 29.3. The first-order valence-electron chi connectivity index (χ1n) is 10.6. The van der Waals surface area contributed by atoms with Gasteiger partial charge in [-0.05, 0) is 38.2 Å². The number of benzene rings is 1. The Morgan fingerprint density at radius 3 is 2.00 bits per heavy atom. The van der Waals surface area contributed by atoms with Gasteiger partial charge in [-0.3, -0.25) is 19.4 Å². The second kappa shape index (κ2) is 9.52. The SMILES string of the molecule is C[C@H](CNC(=O)[C@@H](C)N1CCN([C@H](C)C(=O)NC2CC2)CC1)c1ccccc1. The summed E-state index contributed by atoms with van der Waals surface area (Å²) in [7, 11) is 0. The zero-order valence-electron chi connectivity index (χ0n) is 17.4.